The number of rotatable bonds is 8. The number of hydrogen-bond donors (Lipinski definition) is 2. The van der Waals surface area contributed by atoms with Crippen molar-refractivity contribution >= 4 is 35.6 Å². The minimum atomic E-state index is -0.675. The van der Waals surface area contributed by atoms with Crippen LogP contribution in [0.5, 0.6) is 5.75 Å². The number of methoxy groups -OCH3 is 1. The number of nitrogens with zero attached hydrogens (tertiary/aromatic N) is 1. The number of imide groups is 1. The van der Waals surface area contributed by atoms with Crippen LogP contribution in [0.2, 0.25) is 0 Å². The van der Waals surface area contributed by atoms with Crippen LogP contribution in [0.15, 0.2) is 70.8 Å². The van der Waals surface area contributed by atoms with E-state index in [-0.39, 0.29) is 36.1 Å². The SMILES string of the molecule is COC(=O)c1ccc(CN2C(=O)NC(=Cc3cccc(OCC(=O)Nc4ccccc4F)c3)C2=O)o1. The molecule has 1 saturated heterocycles. The fraction of sp³-hybridized carbons (Fsp3) is 0.120. The molecule has 36 heavy (non-hydrogen) atoms. The Morgan fingerprint density at radius 1 is 1.11 bits per heavy atom. The number of esters is 1. The molecule has 1 fully saturated rings. The van der Waals surface area contributed by atoms with Crippen molar-refractivity contribution in [3.8, 4) is 5.75 Å². The van der Waals surface area contributed by atoms with Crippen molar-refractivity contribution in [1.29, 1.82) is 0 Å². The molecule has 1 aliphatic rings. The van der Waals surface area contributed by atoms with Gasteiger partial charge in [-0.1, -0.05) is 24.3 Å². The fourth-order valence-electron chi connectivity index (χ4n) is 3.30. The molecule has 11 heteroatoms. The Balaban J connectivity index is 1.38. The number of carbonyl (C=O) groups excluding carboxylic acids is 4. The van der Waals surface area contributed by atoms with Crippen LogP contribution in [0.1, 0.15) is 21.9 Å². The molecule has 3 aromatic rings. The van der Waals surface area contributed by atoms with Gasteiger partial charge < -0.3 is 24.5 Å². The third-order valence-corrected chi connectivity index (χ3v) is 5.01. The number of carbonyl (C=O) groups is 4. The lowest BCUT2D eigenvalue weighted by molar-refractivity contribution is -0.123. The Hall–Kier alpha value is -4.93. The summed E-state index contributed by atoms with van der Waals surface area (Å²) in [5, 5.41) is 4.91. The van der Waals surface area contributed by atoms with Crippen LogP contribution in [0, 0.1) is 5.82 Å². The molecule has 1 aliphatic heterocycles. The predicted octanol–water partition coefficient (Wildman–Crippen LogP) is 3.32. The lowest BCUT2D eigenvalue weighted by Crippen LogP contribution is -2.30. The van der Waals surface area contributed by atoms with E-state index in [2.05, 4.69) is 15.4 Å². The summed E-state index contributed by atoms with van der Waals surface area (Å²) in [5.41, 5.74) is 0.591. The van der Waals surface area contributed by atoms with Crippen molar-refractivity contribution < 1.29 is 37.5 Å². The molecular formula is C25H20FN3O7. The number of nitrogens with one attached hydrogen (secondary N) is 2. The Kier molecular flexibility index (Phi) is 7.10. The van der Waals surface area contributed by atoms with Crippen LogP contribution >= 0.6 is 0 Å². The normalized spacial score (nSPS) is 14.1. The van der Waals surface area contributed by atoms with Gasteiger partial charge in [0.05, 0.1) is 19.3 Å². The zero-order chi connectivity index (χ0) is 25.7. The van der Waals surface area contributed by atoms with Crippen LogP contribution in [0.3, 0.4) is 0 Å². The zero-order valence-electron chi connectivity index (χ0n) is 18.9. The maximum atomic E-state index is 13.7. The molecule has 0 aliphatic carbocycles. The lowest BCUT2D eigenvalue weighted by atomic mass is 10.2. The number of urea groups is 1. The Morgan fingerprint density at radius 3 is 2.69 bits per heavy atom. The van der Waals surface area contributed by atoms with E-state index in [4.69, 9.17) is 9.15 Å². The van der Waals surface area contributed by atoms with Crippen molar-refractivity contribution in [2.24, 2.45) is 0 Å². The van der Waals surface area contributed by atoms with Crippen LogP contribution in [0.25, 0.3) is 6.08 Å². The van der Waals surface area contributed by atoms with E-state index in [0.29, 0.717) is 11.3 Å². The summed E-state index contributed by atoms with van der Waals surface area (Å²) in [6, 6.07) is 14.5. The van der Waals surface area contributed by atoms with Crippen molar-refractivity contribution in [2.45, 2.75) is 6.54 Å². The second-order valence-corrected chi connectivity index (χ2v) is 7.53. The van der Waals surface area contributed by atoms with Crippen molar-refractivity contribution in [1.82, 2.24) is 10.2 Å². The molecule has 0 unspecified atom stereocenters. The van der Waals surface area contributed by atoms with Crippen LogP contribution in [-0.2, 0) is 20.9 Å². The number of anilines is 1. The third-order valence-electron chi connectivity index (χ3n) is 5.01. The van der Waals surface area contributed by atoms with Crippen molar-refractivity contribution in [2.75, 3.05) is 19.0 Å². The van der Waals surface area contributed by atoms with Gasteiger partial charge in [-0.25, -0.2) is 14.0 Å². The number of hydrogen-bond acceptors (Lipinski definition) is 7. The number of amides is 4. The van der Waals surface area contributed by atoms with Gasteiger partial charge in [-0.3, -0.25) is 14.5 Å². The molecule has 0 spiro atoms. The molecule has 4 amide bonds. The van der Waals surface area contributed by atoms with E-state index in [1.807, 2.05) is 0 Å². The predicted molar refractivity (Wildman–Crippen MR) is 124 cm³/mol. The van der Waals surface area contributed by atoms with Crippen molar-refractivity contribution in [3.05, 3.63) is 89.3 Å². The van der Waals surface area contributed by atoms with Crippen molar-refractivity contribution in [3.63, 3.8) is 0 Å². The molecule has 4 rings (SSSR count). The maximum absolute atomic E-state index is 13.7. The molecule has 0 atom stereocenters. The second kappa shape index (κ2) is 10.6. The highest BCUT2D eigenvalue weighted by Gasteiger charge is 2.34. The van der Waals surface area contributed by atoms with E-state index in [1.165, 1.54) is 43.5 Å². The van der Waals surface area contributed by atoms with E-state index < -0.39 is 29.6 Å². The molecular weight excluding hydrogens is 473 g/mol. The highest BCUT2D eigenvalue weighted by atomic mass is 19.1. The first-order valence-corrected chi connectivity index (χ1v) is 10.6. The molecule has 1 aromatic heterocycles. The zero-order valence-corrected chi connectivity index (χ0v) is 18.9. The van der Waals surface area contributed by atoms with E-state index in [0.717, 1.165) is 4.90 Å². The number of furan rings is 1. The van der Waals surface area contributed by atoms with Gasteiger partial charge >= 0.3 is 12.0 Å². The average molecular weight is 493 g/mol. The summed E-state index contributed by atoms with van der Waals surface area (Å²) < 4.78 is 29.0. The second-order valence-electron chi connectivity index (χ2n) is 7.53. The molecule has 0 radical (unpaired) electrons. The largest absolute Gasteiger partial charge is 0.484 e. The first-order valence-electron chi connectivity index (χ1n) is 10.6. The number of para-hydroxylation sites is 1. The van der Waals surface area contributed by atoms with Crippen LogP contribution < -0.4 is 15.4 Å². The summed E-state index contributed by atoms with van der Waals surface area (Å²) in [7, 11) is 1.21. The summed E-state index contributed by atoms with van der Waals surface area (Å²) in [6.45, 7) is -0.548. The molecule has 0 saturated carbocycles. The molecule has 184 valence electrons. The van der Waals surface area contributed by atoms with Crippen LogP contribution in [0.4, 0.5) is 14.9 Å². The number of ether oxygens (including phenoxy) is 2. The topological polar surface area (TPSA) is 127 Å². The summed E-state index contributed by atoms with van der Waals surface area (Å²) >= 11 is 0. The highest BCUT2D eigenvalue weighted by Crippen LogP contribution is 2.21. The first-order chi connectivity index (χ1) is 17.3. The molecule has 2 N–H and O–H groups in total. The van der Waals surface area contributed by atoms with Gasteiger partial charge in [0, 0.05) is 0 Å². The van der Waals surface area contributed by atoms with Gasteiger partial charge in [-0.2, -0.15) is 0 Å². The quantitative estimate of drug-likeness (QED) is 0.280. The first kappa shape index (κ1) is 24.2. The molecule has 2 heterocycles. The van der Waals surface area contributed by atoms with Gasteiger partial charge in [-0.15, -0.1) is 0 Å². The van der Waals surface area contributed by atoms with E-state index in [9.17, 15) is 23.6 Å². The van der Waals surface area contributed by atoms with E-state index in [1.54, 1.807) is 30.3 Å². The Morgan fingerprint density at radius 2 is 1.92 bits per heavy atom. The minimum absolute atomic E-state index is 0.0224. The number of benzene rings is 2. The maximum Gasteiger partial charge on any atom is 0.373 e. The van der Waals surface area contributed by atoms with Gasteiger partial charge in [0.15, 0.2) is 6.61 Å². The van der Waals surface area contributed by atoms with Crippen LogP contribution in [-0.4, -0.2) is 42.4 Å². The highest BCUT2D eigenvalue weighted by molar-refractivity contribution is 6.13. The molecule has 0 bridgehead atoms. The summed E-state index contributed by atoms with van der Waals surface area (Å²) in [6.07, 6.45) is 1.45. The standard InChI is InChI=1S/C25H20FN3O7/c1-34-24(32)21-10-9-17(36-21)13-29-23(31)20(28-25(29)33)12-15-5-4-6-16(11-15)35-14-22(30)27-19-8-3-2-7-18(19)26/h2-12H,13-14H2,1H3,(H,27,30)(H,28,33). The van der Waals surface area contributed by atoms with Gasteiger partial charge in [0.1, 0.15) is 23.0 Å². The van der Waals surface area contributed by atoms with Gasteiger partial charge in [0.25, 0.3) is 11.8 Å². The smallest absolute Gasteiger partial charge is 0.373 e. The lowest BCUT2D eigenvalue weighted by Gasteiger charge is -2.09. The number of halogens is 1. The Bertz CT molecular complexity index is 1360. The van der Waals surface area contributed by atoms with E-state index >= 15 is 0 Å². The van der Waals surface area contributed by atoms with Gasteiger partial charge in [0.2, 0.25) is 5.76 Å². The molecule has 10 nitrogen and oxygen atoms in total. The monoisotopic (exact) mass is 493 g/mol. The minimum Gasteiger partial charge on any atom is -0.484 e. The third kappa shape index (κ3) is 5.58. The average Bonchev–Trinajstić information content (AvgIpc) is 3.44. The van der Waals surface area contributed by atoms with Gasteiger partial charge in [-0.05, 0) is 48.0 Å². The summed E-state index contributed by atoms with van der Waals surface area (Å²) in [5.74, 6) is -1.87. The molecule has 2 aromatic carbocycles. The Labute approximate surface area is 204 Å². The fourth-order valence-corrected chi connectivity index (χ4v) is 3.30. The summed E-state index contributed by atoms with van der Waals surface area (Å²) in [4.78, 5) is 49.6.